The zero-order valence-electron chi connectivity index (χ0n) is 14.6. The van der Waals surface area contributed by atoms with Crippen molar-refractivity contribution in [2.24, 2.45) is 0 Å². The average molecular weight is 368 g/mol. The Kier molecular flexibility index (Phi) is 5.71. The molecule has 0 bridgehead atoms. The lowest BCUT2D eigenvalue weighted by Crippen LogP contribution is -2.42. The maximum atomic E-state index is 12.2. The van der Waals surface area contributed by atoms with Crippen molar-refractivity contribution in [1.82, 2.24) is 10.6 Å². The fourth-order valence-electron chi connectivity index (χ4n) is 2.84. The molecule has 1 aliphatic heterocycles. The van der Waals surface area contributed by atoms with Crippen LogP contribution in [0.4, 0.5) is 0 Å². The Labute approximate surface area is 156 Å². The number of hydrogen-bond donors (Lipinski definition) is 3. The predicted octanol–water partition coefficient (Wildman–Crippen LogP) is 1.41. The summed E-state index contributed by atoms with van der Waals surface area (Å²) in [7, 11) is 0. The number of phenolic OH excluding ortho intramolecular Hbond substituents is 1. The van der Waals surface area contributed by atoms with Crippen LogP contribution in [0.15, 0.2) is 48.5 Å². The molecule has 0 spiro atoms. The second kappa shape index (κ2) is 8.35. The van der Waals surface area contributed by atoms with Gasteiger partial charge in [0.1, 0.15) is 5.75 Å². The normalized spacial score (nSPS) is 15.4. The molecule has 0 saturated heterocycles. The molecule has 0 aliphatic carbocycles. The van der Waals surface area contributed by atoms with Crippen molar-refractivity contribution in [3.8, 4) is 5.75 Å². The summed E-state index contributed by atoms with van der Waals surface area (Å²) in [5.74, 6) is -1.11. The topological polar surface area (TPSA) is 105 Å². The maximum Gasteiger partial charge on any atom is 0.339 e. The molecule has 7 heteroatoms. The average Bonchev–Trinajstić information content (AvgIpc) is 2.67. The summed E-state index contributed by atoms with van der Waals surface area (Å²) in [6.45, 7) is 0.705. The highest BCUT2D eigenvalue weighted by atomic mass is 16.5. The summed E-state index contributed by atoms with van der Waals surface area (Å²) in [6.07, 6.45) is 0.0319. The summed E-state index contributed by atoms with van der Waals surface area (Å²) in [5, 5.41) is 14.8. The van der Waals surface area contributed by atoms with Crippen molar-refractivity contribution in [2.75, 3.05) is 13.1 Å². The van der Waals surface area contributed by atoms with Gasteiger partial charge >= 0.3 is 5.97 Å². The van der Waals surface area contributed by atoms with E-state index in [1.807, 2.05) is 12.1 Å². The molecule has 3 N–H and O–H groups in total. The quantitative estimate of drug-likeness (QED) is 0.528. The summed E-state index contributed by atoms with van der Waals surface area (Å²) >= 11 is 0. The number of carbonyl (C=O) groups is 3. The standard InChI is InChI=1S/C20H20N2O5/c23-15-7-3-6-14(11-15)18(24)21-9-4-10-22-19(25)17-12-13-5-1-2-8-16(13)20(26)27-17/h1-3,5-8,11,17,23H,4,9-10,12H2,(H,21,24)(H,22,25). The summed E-state index contributed by atoms with van der Waals surface area (Å²) in [5.41, 5.74) is 1.66. The number of esters is 1. The number of amides is 2. The van der Waals surface area contributed by atoms with E-state index in [0.29, 0.717) is 37.1 Å². The Balaban J connectivity index is 1.40. The predicted molar refractivity (Wildman–Crippen MR) is 97.4 cm³/mol. The molecule has 0 fully saturated rings. The SMILES string of the molecule is O=C(NCCCNC(=O)C1Cc2ccccc2C(=O)O1)c1cccc(O)c1. The van der Waals surface area contributed by atoms with E-state index in [1.54, 1.807) is 24.3 Å². The molecule has 0 aromatic heterocycles. The second-order valence-electron chi connectivity index (χ2n) is 6.21. The van der Waals surface area contributed by atoms with Gasteiger partial charge < -0.3 is 20.5 Å². The van der Waals surface area contributed by atoms with Crippen molar-refractivity contribution >= 4 is 17.8 Å². The molecule has 140 valence electrons. The van der Waals surface area contributed by atoms with Crippen molar-refractivity contribution in [2.45, 2.75) is 18.9 Å². The van der Waals surface area contributed by atoms with Gasteiger partial charge in [-0.1, -0.05) is 24.3 Å². The van der Waals surface area contributed by atoms with Crippen LogP contribution in [0, 0.1) is 0 Å². The molecule has 0 saturated carbocycles. The van der Waals surface area contributed by atoms with Crippen molar-refractivity contribution in [3.63, 3.8) is 0 Å². The van der Waals surface area contributed by atoms with Crippen LogP contribution in [-0.2, 0) is 16.0 Å². The number of benzene rings is 2. The Hall–Kier alpha value is -3.35. The lowest BCUT2D eigenvalue weighted by Gasteiger charge is -2.23. The van der Waals surface area contributed by atoms with Crippen LogP contribution < -0.4 is 10.6 Å². The molecule has 1 atom stereocenters. The number of cyclic esters (lactones) is 1. The Morgan fingerprint density at radius 1 is 1.07 bits per heavy atom. The lowest BCUT2D eigenvalue weighted by atomic mass is 9.98. The maximum absolute atomic E-state index is 12.2. The van der Waals surface area contributed by atoms with Crippen LogP contribution in [0.25, 0.3) is 0 Å². The molecule has 27 heavy (non-hydrogen) atoms. The number of aromatic hydroxyl groups is 1. The number of nitrogens with one attached hydrogen (secondary N) is 2. The smallest absolute Gasteiger partial charge is 0.339 e. The molecule has 1 heterocycles. The highest BCUT2D eigenvalue weighted by Gasteiger charge is 2.30. The van der Waals surface area contributed by atoms with E-state index in [1.165, 1.54) is 12.1 Å². The molecule has 1 unspecified atom stereocenters. The van der Waals surface area contributed by atoms with Gasteiger partial charge in [0.25, 0.3) is 11.8 Å². The van der Waals surface area contributed by atoms with Crippen molar-refractivity contribution in [1.29, 1.82) is 0 Å². The van der Waals surface area contributed by atoms with Crippen LogP contribution in [0.5, 0.6) is 5.75 Å². The first-order valence-electron chi connectivity index (χ1n) is 8.68. The molecule has 0 radical (unpaired) electrons. The van der Waals surface area contributed by atoms with Crippen LogP contribution >= 0.6 is 0 Å². The summed E-state index contributed by atoms with van der Waals surface area (Å²) in [4.78, 5) is 36.1. The van der Waals surface area contributed by atoms with Gasteiger partial charge in [0.15, 0.2) is 6.10 Å². The number of phenols is 1. The van der Waals surface area contributed by atoms with E-state index in [2.05, 4.69) is 10.6 Å². The first-order valence-corrected chi connectivity index (χ1v) is 8.68. The third-order valence-electron chi connectivity index (χ3n) is 4.23. The molecule has 2 aromatic carbocycles. The van der Waals surface area contributed by atoms with Crippen LogP contribution in [0.2, 0.25) is 0 Å². The molecule has 3 rings (SSSR count). The number of carbonyl (C=O) groups excluding carboxylic acids is 3. The Morgan fingerprint density at radius 3 is 2.67 bits per heavy atom. The van der Waals surface area contributed by atoms with Gasteiger partial charge in [-0.05, 0) is 36.2 Å². The van der Waals surface area contributed by atoms with Crippen LogP contribution in [0.3, 0.4) is 0 Å². The zero-order chi connectivity index (χ0) is 19.2. The van der Waals surface area contributed by atoms with Gasteiger partial charge in [-0.2, -0.15) is 0 Å². The first-order chi connectivity index (χ1) is 13.0. The fraction of sp³-hybridized carbons (Fsp3) is 0.250. The van der Waals surface area contributed by atoms with E-state index in [4.69, 9.17) is 4.74 Å². The molecular formula is C20H20N2O5. The van der Waals surface area contributed by atoms with E-state index >= 15 is 0 Å². The monoisotopic (exact) mass is 368 g/mol. The van der Waals surface area contributed by atoms with Crippen LogP contribution in [0.1, 0.15) is 32.7 Å². The third-order valence-corrected chi connectivity index (χ3v) is 4.23. The molecule has 2 aromatic rings. The van der Waals surface area contributed by atoms with Crippen molar-refractivity contribution < 1.29 is 24.2 Å². The highest BCUT2D eigenvalue weighted by Crippen LogP contribution is 2.20. The minimum atomic E-state index is -0.839. The van der Waals surface area contributed by atoms with E-state index < -0.39 is 12.1 Å². The van der Waals surface area contributed by atoms with E-state index in [-0.39, 0.29) is 17.6 Å². The molecule has 1 aliphatic rings. The fourth-order valence-corrected chi connectivity index (χ4v) is 2.84. The number of hydrogen-bond acceptors (Lipinski definition) is 5. The number of rotatable bonds is 6. The summed E-state index contributed by atoms with van der Waals surface area (Å²) in [6, 6.07) is 13.1. The van der Waals surface area contributed by atoms with Crippen molar-refractivity contribution in [3.05, 3.63) is 65.2 Å². The van der Waals surface area contributed by atoms with Gasteiger partial charge in [-0.25, -0.2) is 4.79 Å². The van der Waals surface area contributed by atoms with Gasteiger partial charge in [0, 0.05) is 25.1 Å². The Bertz CT molecular complexity index is 865. The third kappa shape index (κ3) is 4.63. The summed E-state index contributed by atoms with van der Waals surface area (Å²) < 4.78 is 5.19. The number of ether oxygens (including phenoxy) is 1. The molecule has 7 nitrogen and oxygen atoms in total. The van der Waals surface area contributed by atoms with Gasteiger partial charge in [0.05, 0.1) is 5.56 Å². The van der Waals surface area contributed by atoms with Gasteiger partial charge in [-0.3, -0.25) is 9.59 Å². The van der Waals surface area contributed by atoms with Gasteiger partial charge in [-0.15, -0.1) is 0 Å². The van der Waals surface area contributed by atoms with E-state index in [0.717, 1.165) is 5.56 Å². The molecular weight excluding hydrogens is 348 g/mol. The zero-order valence-corrected chi connectivity index (χ0v) is 14.6. The number of fused-ring (bicyclic) bond motifs is 1. The minimum absolute atomic E-state index is 0.0264. The lowest BCUT2D eigenvalue weighted by molar-refractivity contribution is -0.130. The minimum Gasteiger partial charge on any atom is -0.508 e. The van der Waals surface area contributed by atoms with E-state index in [9.17, 15) is 19.5 Å². The highest BCUT2D eigenvalue weighted by molar-refractivity contribution is 5.96. The Morgan fingerprint density at radius 2 is 1.85 bits per heavy atom. The van der Waals surface area contributed by atoms with Gasteiger partial charge in [0.2, 0.25) is 0 Å². The van der Waals surface area contributed by atoms with Crippen LogP contribution in [-0.4, -0.2) is 42.1 Å². The first kappa shape index (κ1) is 18.4. The molecule has 2 amide bonds. The second-order valence-corrected chi connectivity index (χ2v) is 6.21. The largest absolute Gasteiger partial charge is 0.508 e.